The number of pyridine rings is 1. The van der Waals surface area contributed by atoms with E-state index in [9.17, 15) is 9.59 Å². The molecule has 5 nitrogen and oxygen atoms in total. The normalized spacial score (nSPS) is 10.3. The van der Waals surface area contributed by atoms with E-state index in [0.717, 1.165) is 0 Å². The van der Waals surface area contributed by atoms with E-state index in [1.165, 1.54) is 23.1 Å². The van der Waals surface area contributed by atoms with E-state index in [4.69, 9.17) is 0 Å². The highest BCUT2D eigenvalue weighted by Gasteiger charge is 2.12. The molecule has 3 rings (SSSR count). The fraction of sp³-hybridized carbons (Fsp3) is 0.0556. The van der Waals surface area contributed by atoms with E-state index in [-0.39, 0.29) is 11.8 Å². The number of aromatic nitrogens is 1. The van der Waals surface area contributed by atoms with Crippen LogP contribution < -0.4 is 10.6 Å². The molecule has 0 aliphatic rings. The number of rotatable bonds is 5. The van der Waals surface area contributed by atoms with Crippen molar-refractivity contribution in [2.24, 2.45) is 0 Å². The predicted molar refractivity (Wildman–Crippen MR) is 103 cm³/mol. The first-order chi connectivity index (χ1) is 12.2. The van der Waals surface area contributed by atoms with Crippen molar-refractivity contribution in [3.05, 3.63) is 70.5 Å². The van der Waals surface area contributed by atoms with Crippen LogP contribution in [0.5, 0.6) is 0 Å². The Morgan fingerprint density at radius 2 is 1.76 bits per heavy atom. The molecule has 0 unspecified atom stereocenters. The Morgan fingerprint density at radius 1 is 1.00 bits per heavy atom. The number of anilines is 2. The van der Waals surface area contributed by atoms with Crippen LogP contribution >= 0.6 is 23.1 Å². The summed E-state index contributed by atoms with van der Waals surface area (Å²) in [4.78, 5) is 29.4. The molecule has 2 heterocycles. The van der Waals surface area contributed by atoms with Crippen LogP contribution in [-0.2, 0) is 0 Å². The molecule has 0 radical (unpaired) electrons. The van der Waals surface area contributed by atoms with Gasteiger partial charge in [0.15, 0.2) is 0 Å². The van der Waals surface area contributed by atoms with Gasteiger partial charge in [-0.25, -0.2) is 4.98 Å². The Kier molecular flexibility index (Phi) is 5.47. The standard InChI is InChI=1S/C18H15N3O2S2/c1-24-18-14(7-3-9-19-18)16(22)20-12-5-2-6-13(11-12)21-17(23)15-8-4-10-25-15/h2-11H,1H3,(H,20,22)(H,21,23). The average Bonchev–Trinajstić information content (AvgIpc) is 3.17. The molecule has 1 aromatic carbocycles. The highest BCUT2D eigenvalue weighted by Crippen LogP contribution is 2.21. The molecule has 0 aliphatic heterocycles. The van der Waals surface area contributed by atoms with Crippen LogP contribution in [0.1, 0.15) is 20.0 Å². The number of thiophene rings is 1. The minimum absolute atomic E-state index is 0.171. The van der Waals surface area contributed by atoms with Crippen molar-refractivity contribution < 1.29 is 9.59 Å². The summed E-state index contributed by atoms with van der Waals surface area (Å²) in [6, 6.07) is 14.1. The summed E-state index contributed by atoms with van der Waals surface area (Å²) in [5.41, 5.74) is 1.74. The van der Waals surface area contributed by atoms with Crippen molar-refractivity contribution in [3.63, 3.8) is 0 Å². The molecule has 0 bridgehead atoms. The summed E-state index contributed by atoms with van der Waals surface area (Å²) in [5, 5.41) is 8.18. The Labute approximate surface area is 153 Å². The summed E-state index contributed by atoms with van der Waals surface area (Å²) in [6.45, 7) is 0. The first kappa shape index (κ1) is 17.2. The molecule has 2 amide bonds. The lowest BCUT2D eigenvalue weighted by Gasteiger charge is -2.10. The molecular formula is C18H15N3O2S2. The van der Waals surface area contributed by atoms with Crippen molar-refractivity contribution in [1.29, 1.82) is 0 Å². The maximum Gasteiger partial charge on any atom is 0.265 e. The molecule has 7 heteroatoms. The zero-order valence-corrected chi connectivity index (χ0v) is 15.0. The lowest BCUT2D eigenvalue weighted by atomic mass is 10.2. The topological polar surface area (TPSA) is 71.1 Å². The first-order valence-electron chi connectivity index (χ1n) is 7.42. The summed E-state index contributed by atoms with van der Waals surface area (Å²) >= 11 is 2.79. The summed E-state index contributed by atoms with van der Waals surface area (Å²) < 4.78 is 0. The maximum atomic E-state index is 12.5. The third-order valence-corrected chi connectivity index (χ3v) is 4.91. The molecule has 0 aliphatic carbocycles. The second-order valence-electron chi connectivity index (χ2n) is 5.03. The lowest BCUT2D eigenvalue weighted by molar-refractivity contribution is 0.101. The molecule has 25 heavy (non-hydrogen) atoms. The minimum atomic E-state index is -0.237. The number of benzene rings is 1. The van der Waals surface area contributed by atoms with E-state index in [0.29, 0.717) is 26.8 Å². The van der Waals surface area contributed by atoms with Gasteiger partial charge in [-0.05, 0) is 48.0 Å². The first-order valence-corrected chi connectivity index (χ1v) is 9.53. The van der Waals surface area contributed by atoms with E-state index < -0.39 is 0 Å². The van der Waals surface area contributed by atoms with Crippen molar-refractivity contribution in [2.75, 3.05) is 16.9 Å². The maximum absolute atomic E-state index is 12.5. The second-order valence-corrected chi connectivity index (χ2v) is 6.77. The van der Waals surface area contributed by atoms with Crippen molar-refractivity contribution in [1.82, 2.24) is 4.98 Å². The van der Waals surface area contributed by atoms with E-state index in [2.05, 4.69) is 15.6 Å². The van der Waals surface area contributed by atoms with Crippen LogP contribution in [0, 0.1) is 0 Å². The number of nitrogens with zero attached hydrogens (tertiary/aromatic N) is 1. The monoisotopic (exact) mass is 369 g/mol. The number of thioether (sulfide) groups is 1. The van der Waals surface area contributed by atoms with Gasteiger partial charge in [0.1, 0.15) is 5.03 Å². The zero-order valence-electron chi connectivity index (χ0n) is 13.4. The average molecular weight is 369 g/mol. The van der Waals surface area contributed by atoms with Crippen LogP contribution in [0.3, 0.4) is 0 Å². The fourth-order valence-corrected chi connectivity index (χ4v) is 3.37. The Bertz CT molecular complexity index is 895. The van der Waals surface area contributed by atoms with Gasteiger partial charge in [0.25, 0.3) is 11.8 Å². The van der Waals surface area contributed by atoms with Crippen molar-refractivity contribution >= 4 is 46.3 Å². The lowest BCUT2D eigenvalue weighted by Crippen LogP contribution is -2.14. The highest BCUT2D eigenvalue weighted by molar-refractivity contribution is 7.98. The largest absolute Gasteiger partial charge is 0.322 e. The predicted octanol–water partition coefficient (Wildman–Crippen LogP) is 4.37. The van der Waals surface area contributed by atoms with Gasteiger partial charge in [-0.1, -0.05) is 12.1 Å². The quantitative estimate of drug-likeness (QED) is 0.655. The van der Waals surface area contributed by atoms with Gasteiger partial charge in [-0.2, -0.15) is 0 Å². The number of carbonyl (C=O) groups excluding carboxylic acids is 2. The molecule has 0 atom stereocenters. The Hall–Kier alpha value is -2.64. The molecule has 2 N–H and O–H groups in total. The van der Waals surface area contributed by atoms with Crippen molar-refractivity contribution in [3.8, 4) is 0 Å². The highest BCUT2D eigenvalue weighted by atomic mass is 32.2. The molecule has 2 aromatic heterocycles. The Balaban J connectivity index is 1.73. The van der Waals surface area contributed by atoms with Gasteiger partial charge in [-0.15, -0.1) is 23.1 Å². The number of amides is 2. The van der Waals surface area contributed by atoms with Crippen LogP contribution in [-0.4, -0.2) is 23.1 Å². The van der Waals surface area contributed by atoms with Crippen LogP contribution in [0.15, 0.2) is 65.1 Å². The summed E-state index contributed by atoms with van der Waals surface area (Å²) in [6.07, 6.45) is 3.53. The van der Waals surface area contributed by atoms with Gasteiger partial charge in [0, 0.05) is 17.6 Å². The molecule has 0 fully saturated rings. The van der Waals surface area contributed by atoms with Crippen LogP contribution in [0.2, 0.25) is 0 Å². The molecular weight excluding hydrogens is 354 g/mol. The second kappa shape index (κ2) is 7.96. The molecule has 0 saturated carbocycles. The summed E-state index contributed by atoms with van der Waals surface area (Å²) in [5.74, 6) is -0.408. The third kappa shape index (κ3) is 4.26. The van der Waals surface area contributed by atoms with Gasteiger partial charge >= 0.3 is 0 Å². The van der Waals surface area contributed by atoms with Crippen LogP contribution in [0.25, 0.3) is 0 Å². The summed E-state index contributed by atoms with van der Waals surface area (Å²) in [7, 11) is 0. The number of hydrogen-bond donors (Lipinski definition) is 2. The zero-order chi connectivity index (χ0) is 17.6. The van der Waals surface area contributed by atoms with Gasteiger partial charge in [-0.3, -0.25) is 9.59 Å². The fourth-order valence-electron chi connectivity index (χ4n) is 2.20. The van der Waals surface area contributed by atoms with Gasteiger partial charge in [0.2, 0.25) is 0 Å². The number of nitrogens with one attached hydrogen (secondary N) is 2. The number of hydrogen-bond acceptors (Lipinski definition) is 5. The van der Waals surface area contributed by atoms with Crippen molar-refractivity contribution in [2.45, 2.75) is 5.03 Å². The van der Waals surface area contributed by atoms with E-state index >= 15 is 0 Å². The SMILES string of the molecule is CSc1ncccc1C(=O)Nc1cccc(NC(=O)c2cccs2)c1. The van der Waals surface area contributed by atoms with E-state index in [1.807, 2.05) is 17.7 Å². The molecule has 126 valence electrons. The smallest absolute Gasteiger partial charge is 0.265 e. The molecule has 0 spiro atoms. The van der Waals surface area contributed by atoms with Gasteiger partial charge < -0.3 is 10.6 Å². The Morgan fingerprint density at radius 3 is 2.44 bits per heavy atom. The third-order valence-electron chi connectivity index (χ3n) is 3.33. The molecule has 0 saturated heterocycles. The van der Waals surface area contributed by atoms with Crippen LogP contribution in [0.4, 0.5) is 11.4 Å². The molecule has 3 aromatic rings. The minimum Gasteiger partial charge on any atom is -0.322 e. The number of carbonyl (C=O) groups is 2. The van der Waals surface area contributed by atoms with E-state index in [1.54, 1.807) is 48.7 Å². The van der Waals surface area contributed by atoms with Gasteiger partial charge in [0.05, 0.1) is 10.4 Å².